The molecule has 0 heterocycles. The summed E-state index contributed by atoms with van der Waals surface area (Å²) in [6.07, 6.45) is -3.27. The second kappa shape index (κ2) is 8.70. The Bertz CT molecular complexity index is 397. The Kier molecular flexibility index (Phi) is 8.68. The van der Waals surface area contributed by atoms with Crippen molar-refractivity contribution in [2.75, 3.05) is 0 Å². The summed E-state index contributed by atoms with van der Waals surface area (Å²) in [6.45, 7) is 2.07. The predicted molar refractivity (Wildman–Crippen MR) is 83.4 cm³/mol. The molecule has 2 N–H and O–H groups in total. The zero-order chi connectivity index (χ0) is 17.7. The minimum Gasteiger partial charge on any atom is -0.437 e. The average Bonchev–Trinajstić information content (AvgIpc) is 2.23. The number of ether oxygens (including phenoxy) is 2. The number of alkyl halides is 6. The summed E-state index contributed by atoms with van der Waals surface area (Å²) in [5, 5.41) is 4.02. The summed E-state index contributed by atoms with van der Waals surface area (Å²) in [5.74, 6) is -1.65. The average molecular weight is 439 g/mol. The molecule has 0 aromatic carbocycles. The summed E-state index contributed by atoms with van der Waals surface area (Å²) >= 11 is 33.3. The Morgan fingerprint density at radius 1 is 0.773 bits per heavy atom. The van der Waals surface area contributed by atoms with Gasteiger partial charge in [0.25, 0.3) is 0 Å². The number of hydrogen-bond acceptors (Lipinski definition) is 5. The van der Waals surface area contributed by atoms with Crippen LogP contribution >= 0.6 is 69.6 Å². The molecule has 0 aliphatic carbocycles. The van der Waals surface area contributed by atoms with E-state index in [-0.39, 0.29) is 0 Å². The molecule has 0 aliphatic heterocycles. The second-order valence-electron chi connectivity index (χ2n) is 3.68. The van der Waals surface area contributed by atoms with Gasteiger partial charge in [0.2, 0.25) is 20.0 Å². The maximum Gasteiger partial charge on any atom is 0.320 e. The fraction of sp³-hybridized carbons (Fsp3) is 0.667. The normalized spacial score (nSPS) is 14.5. The molecule has 0 radical (unpaired) electrons. The van der Waals surface area contributed by atoms with E-state index in [1.54, 1.807) is 0 Å². The van der Waals surface area contributed by atoms with Crippen molar-refractivity contribution < 1.29 is 23.9 Å². The third-order valence-electron chi connectivity index (χ3n) is 1.69. The van der Waals surface area contributed by atoms with Gasteiger partial charge in [0.1, 0.15) is 0 Å². The van der Waals surface area contributed by atoms with E-state index in [9.17, 15) is 14.4 Å². The third kappa shape index (κ3) is 9.17. The third-order valence-corrected chi connectivity index (χ3v) is 2.88. The van der Waals surface area contributed by atoms with Gasteiger partial charge in [-0.15, -0.1) is 0 Å². The van der Waals surface area contributed by atoms with Crippen LogP contribution in [0, 0.1) is 0 Å². The zero-order valence-electron chi connectivity index (χ0n) is 11.0. The van der Waals surface area contributed by atoms with Crippen LogP contribution in [-0.4, -0.2) is 38.0 Å². The van der Waals surface area contributed by atoms with Crippen molar-refractivity contribution in [3.05, 3.63) is 0 Å². The predicted octanol–water partition coefficient (Wildman–Crippen LogP) is 2.80. The van der Waals surface area contributed by atoms with Crippen LogP contribution < -0.4 is 10.6 Å². The lowest BCUT2D eigenvalue weighted by molar-refractivity contribution is -0.147. The lowest BCUT2D eigenvalue weighted by atomic mass is 10.5. The molecular formula is C9H10Cl6N2O5. The van der Waals surface area contributed by atoms with Crippen LogP contribution in [-0.2, 0) is 19.1 Å². The second-order valence-corrected chi connectivity index (χ2v) is 8.42. The zero-order valence-corrected chi connectivity index (χ0v) is 15.5. The topological polar surface area (TPSA) is 93.7 Å². The molecular weight excluding hydrogens is 429 g/mol. The van der Waals surface area contributed by atoms with Crippen molar-refractivity contribution in [2.24, 2.45) is 0 Å². The molecule has 0 unspecified atom stereocenters. The van der Waals surface area contributed by atoms with Crippen LogP contribution in [0.4, 0.5) is 4.79 Å². The molecule has 0 saturated heterocycles. The molecule has 2 amide bonds. The minimum atomic E-state index is -2.17. The summed E-state index contributed by atoms with van der Waals surface area (Å²) in [6, 6.07) is -1.09. The van der Waals surface area contributed by atoms with Gasteiger partial charge in [0.05, 0.1) is 0 Å². The van der Waals surface area contributed by atoms with Crippen LogP contribution in [0.3, 0.4) is 0 Å². The van der Waals surface area contributed by atoms with Crippen LogP contribution in [0.1, 0.15) is 13.8 Å². The number of hydrogen-bond donors (Lipinski definition) is 2. The molecule has 0 bridgehead atoms. The Hall–Kier alpha value is -0.0500. The molecule has 22 heavy (non-hydrogen) atoms. The molecule has 0 aromatic rings. The van der Waals surface area contributed by atoms with E-state index in [1.165, 1.54) is 0 Å². The van der Waals surface area contributed by atoms with E-state index in [2.05, 4.69) is 9.47 Å². The van der Waals surface area contributed by atoms with Gasteiger partial charge in [0.15, 0.2) is 0 Å². The number of amides is 2. The lowest BCUT2D eigenvalue weighted by Gasteiger charge is -2.28. The molecule has 0 aromatic heterocycles. The summed E-state index contributed by atoms with van der Waals surface area (Å²) in [4.78, 5) is 33.6. The van der Waals surface area contributed by atoms with E-state index in [1.807, 2.05) is 10.6 Å². The van der Waals surface area contributed by atoms with E-state index in [4.69, 9.17) is 69.6 Å². The maximum absolute atomic E-state index is 11.8. The first-order chi connectivity index (χ1) is 9.73. The SMILES string of the molecule is CC(=O)O[C@H](NC(=O)N[C@@H](OC(C)=O)C(Cl)(Cl)Cl)C(Cl)(Cl)Cl. The van der Waals surface area contributed by atoms with Gasteiger partial charge < -0.3 is 9.47 Å². The highest BCUT2D eigenvalue weighted by atomic mass is 35.6. The molecule has 13 heteroatoms. The molecule has 0 saturated carbocycles. The number of carbonyl (C=O) groups is 3. The largest absolute Gasteiger partial charge is 0.437 e. The van der Waals surface area contributed by atoms with E-state index >= 15 is 0 Å². The highest BCUT2D eigenvalue weighted by Gasteiger charge is 2.40. The molecule has 0 aliphatic rings. The van der Waals surface area contributed by atoms with Gasteiger partial charge in [0, 0.05) is 13.8 Å². The van der Waals surface area contributed by atoms with Crippen molar-refractivity contribution in [3.8, 4) is 0 Å². The van der Waals surface area contributed by atoms with Crippen molar-refractivity contribution in [3.63, 3.8) is 0 Å². The standard InChI is InChI=1S/C9H10Cl6N2O5/c1-3(18)21-5(8(10,11)12)16-7(20)17-6(9(13,14)15)22-4(2)19/h5-6H,1-2H3,(H2,16,17,20)/t5-,6-/m0/s1. The molecule has 0 spiro atoms. The Balaban J connectivity index is 4.92. The monoisotopic (exact) mass is 436 g/mol. The first-order valence-corrected chi connectivity index (χ1v) is 7.55. The van der Waals surface area contributed by atoms with Crippen LogP contribution in [0.15, 0.2) is 0 Å². The molecule has 128 valence electrons. The summed E-state index contributed by atoms with van der Waals surface area (Å²) < 4.78 is 4.91. The Morgan fingerprint density at radius 3 is 1.23 bits per heavy atom. The number of esters is 2. The lowest BCUT2D eigenvalue weighted by Crippen LogP contribution is -2.55. The van der Waals surface area contributed by atoms with Crippen molar-refractivity contribution in [2.45, 2.75) is 33.9 Å². The molecule has 0 rings (SSSR count). The summed E-state index contributed by atoms with van der Waals surface area (Å²) in [7, 11) is 0. The highest BCUT2D eigenvalue weighted by molar-refractivity contribution is 6.68. The van der Waals surface area contributed by atoms with Gasteiger partial charge in [-0.3, -0.25) is 20.2 Å². The number of carbonyl (C=O) groups excluding carboxylic acids is 3. The summed E-state index contributed by atoms with van der Waals surface area (Å²) in [5.41, 5.74) is 0. The quantitative estimate of drug-likeness (QED) is 0.400. The highest BCUT2D eigenvalue weighted by Crippen LogP contribution is 2.32. The van der Waals surface area contributed by atoms with Gasteiger partial charge in [-0.1, -0.05) is 69.6 Å². The fourth-order valence-corrected chi connectivity index (χ4v) is 1.56. The molecule has 7 nitrogen and oxygen atoms in total. The van der Waals surface area contributed by atoms with E-state index in [0.29, 0.717) is 0 Å². The Labute approximate surface area is 155 Å². The van der Waals surface area contributed by atoms with Crippen molar-refractivity contribution in [1.82, 2.24) is 10.6 Å². The van der Waals surface area contributed by atoms with Gasteiger partial charge >= 0.3 is 18.0 Å². The first kappa shape index (κ1) is 21.9. The van der Waals surface area contributed by atoms with Crippen LogP contribution in [0.2, 0.25) is 0 Å². The smallest absolute Gasteiger partial charge is 0.320 e. The number of halogens is 6. The maximum atomic E-state index is 11.8. The Morgan fingerprint density at radius 2 is 1.05 bits per heavy atom. The molecule has 0 fully saturated rings. The number of rotatable bonds is 4. The molecule has 2 atom stereocenters. The minimum absolute atomic E-state index is 0.825. The van der Waals surface area contributed by atoms with Crippen LogP contribution in [0.25, 0.3) is 0 Å². The van der Waals surface area contributed by atoms with Gasteiger partial charge in [-0.25, -0.2) is 4.79 Å². The van der Waals surface area contributed by atoms with Crippen molar-refractivity contribution >= 4 is 87.6 Å². The number of nitrogens with one attached hydrogen (secondary N) is 2. The fourth-order valence-electron chi connectivity index (χ4n) is 0.968. The van der Waals surface area contributed by atoms with Crippen molar-refractivity contribution in [1.29, 1.82) is 0 Å². The van der Waals surface area contributed by atoms with E-state index in [0.717, 1.165) is 13.8 Å². The van der Waals surface area contributed by atoms with Gasteiger partial charge in [-0.2, -0.15) is 0 Å². The van der Waals surface area contributed by atoms with Gasteiger partial charge in [-0.05, 0) is 0 Å². The number of urea groups is 1. The first-order valence-electron chi connectivity index (χ1n) is 5.28. The van der Waals surface area contributed by atoms with Crippen LogP contribution in [0.5, 0.6) is 0 Å². The van der Waals surface area contributed by atoms with E-state index < -0.39 is 38.0 Å².